The van der Waals surface area contributed by atoms with Crippen molar-refractivity contribution in [3.8, 4) is 5.75 Å². The number of benzene rings is 2. The van der Waals surface area contributed by atoms with E-state index >= 15 is 0 Å². The van der Waals surface area contributed by atoms with Crippen LogP contribution in [0, 0.1) is 6.92 Å². The third-order valence-corrected chi connectivity index (χ3v) is 6.67. The number of carbonyl (C=O) groups excluding carboxylic acids is 1. The topological polar surface area (TPSA) is 57.2 Å². The molecule has 4 rings (SSSR count). The highest BCUT2D eigenvalue weighted by Gasteiger charge is 2.54. The molecule has 0 aliphatic carbocycles. The van der Waals surface area contributed by atoms with Crippen molar-refractivity contribution >= 4 is 17.6 Å². The average molecular weight is 463 g/mol. The van der Waals surface area contributed by atoms with Crippen molar-refractivity contribution in [1.82, 2.24) is 10.2 Å². The van der Waals surface area contributed by atoms with Crippen molar-refractivity contribution in [3.63, 3.8) is 0 Å². The lowest BCUT2D eigenvalue weighted by atomic mass is 9.81. The van der Waals surface area contributed by atoms with E-state index in [1.807, 2.05) is 36.9 Å². The van der Waals surface area contributed by atoms with Crippen LogP contribution in [0.15, 0.2) is 53.5 Å². The average Bonchev–Trinajstić information content (AvgIpc) is 2.99. The molecule has 2 unspecified atom stereocenters. The third-order valence-electron chi connectivity index (χ3n) is 6.67. The molecular weight excluding hydrogens is 424 g/mol. The number of amidine groups is 1. The normalized spacial score (nSPS) is 24.5. The van der Waals surface area contributed by atoms with Crippen molar-refractivity contribution in [2.75, 3.05) is 11.4 Å². The number of anilines is 1. The predicted octanol–water partition coefficient (Wildman–Crippen LogP) is 5.54. The minimum atomic E-state index is -0.451. The number of hydrogen-bond donors (Lipinski definition) is 1. The summed E-state index contributed by atoms with van der Waals surface area (Å²) in [5.74, 6) is 1.73. The molecule has 2 atom stereocenters. The second-order valence-corrected chi connectivity index (χ2v) is 10.3. The van der Waals surface area contributed by atoms with Gasteiger partial charge in [0.25, 0.3) is 0 Å². The van der Waals surface area contributed by atoms with Gasteiger partial charge in [-0.05, 0) is 89.8 Å². The molecule has 1 spiro atoms. The number of aryl methyl sites for hydroxylation is 1. The Kier molecular flexibility index (Phi) is 6.99. The van der Waals surface area contributed by atoms with E-state index in [0.717, 1.165) is 48.8 Å². The fourth-order valence-corrected chi connectivity index (χ4v) is 5.26. The predicted molar refractivity (Wildman–Crippen MR) is 139 cm³/mol. The Balaban J connectivity index is 1.61. The number of amides is 2. The van der Waals surface area contributed by atoms with Crippen molar-refractivity contribution in [3.05, 3.63) is 59.7 Å². The summed E-state index contributed by atoms with van der Waals surface area (Å²) in [6.45, 7) is 14.3. The maximum atomic E-state index is 13.3. The van der Waals surface area contributed by atoms with Gasteiger partial charge in [0.05, 0.1) is 6.10 Å². The zero-order valence-electron chi connectivity index (χ0n) is 21.3. The molecule has 2 aliphatic rings. The minimum Gasteiger partial charge on any atom is -0.491 e. The maximum Gasteiger partial charge on any atom is 0.328 e. The summed E-state index contributed by atoms with van der Waals surface area (Å²) in [5, 5.41) is 3.13. The molecule has 0 aromatic heterocycles. The van der Waals surface area contributed by atoms with Gasteiger partial charge in [-0.15, -0.1) is 0 Å². The molecule has 1 N–H and O–H groups in total. The number of nitrogens with one attached hydrogen (secondary N) is 1. The van der Waals surface area contributed by atoms with Gasteiger partial charge < -0.3 is 4.74 Å². The van der Waals surface area contributed by atoms with E-state index in [9.17, 15) is 4.79 Å². The van der Waals surface area contributed by atoms with Gasteiger partial charge in [-0.2, -0.15) is 0 Å². The van der Waals surface area contributed by atoms with Crippen molar-refractivity contribution in [2.45, 2.75) is 84.7 Å². The van der Waals surface area contributed by atoms with Gasteiger partial charge in [-0.25, -0.2) is 4.79 Å². The number of rotatable bonds is 6. The molecule has 2 amide bonds. The monoisotopic (exact) mass is 462 g/mol. The number of likely N-dealkylation sites (tertiary alicyclic amines) is 1. The maximum absolute atomic E-state index is 13.3. The van der Waals surface area contributed by atoms with Crippen LogP contribution < -0.4 is 15.0 Å². The summed E-state index contributed by atoms with van der Waals surface area (Å²) in [4.78, 5) is 22.6. The van der Waals surface area contributed by atoms with E-state index in [1.54, 1.807) is 0 Å². The standard InChI is InChI=1S/C28H38N4O2/c1-19(2)29-26-28(32(27(33)30-26)24-11-7-9-21(5)15-24)13-14-31(22(6)17-28)18-23-10-8-12-25(16-23)34-20(3)4/h7-12,15-16,19-20,22H,13-14,17-18H2,1-6H3,(H,29,30,33). The van der Waals surface area contributed by atoms with Crippen LogP contribution in [0.1, 0.15) is 58.6 Å². The summed E-state index contributed by atoms with van der Waals surface area (Å²) in [6.07, 6.45) is 1.81. The van der Waals surface area contributed by atoms with Crippen LogP contribution in [0.25, 0.3) is 0 Å². The van der Waals surface area contributed by atoms with Crippen molar-refractivity contribution in [2.24, 2.45) is 4.99 Å². The Hall–Kier alpha value is -2.86. The van der Waals surface area contributed by atoms with Crippen LogP contribution in [0.4, 0.5) is 10.5 Å². The first-order valence-electron chi connectivity index (χ1n) is 12.4. The zero-order chi connectivity index (χ0) is 24.5. The number of hydrogen-bond acceptors (Lipinski definition) is 4. The summed E-state index contributed by atoms with van der Waals surface area (Å²) in [5.41, 5.74) is 2.87. The van der Waals surface area contributed by atoms with E-state index in [0.29, 0.717) is 0 Å². The lowest BCUT2D eigenvalue weighted by Crippen LogP contribution is -2.59. The number of urea groups is 1. The third kappa shape index (κ3) is 4.97. The van der Waals surface area contributed by atoms with Crippen LogP contribution in [0.2, 0.25) is 0 Å². The first-order valence-corrected chi connectivity index (χ1v) is 12.4. The smallest absolute Gasteiger partial charge is 0.328 e. The zero-order valence-corrected chi connectivity index (χ0v) is 21.3. The Morgan fingerprint density at radius 1 is 1.15 bits per heavy atom. The molecule has 182 valence electrons. The summed E-state index contributed by atoms with van der Waals surface area (Å²) >= 11 is 0. The lowest BCUT2D eigenvalue weighted by molar-refractivity contribution is 0.123. The molecule has 2 fully saturated rings. The van der Waals surface area contributed by atoms with Crippen LogP contribution in [0.3, 0.4) is 0 Å². The first kappa shape index (κ1) is 24.3. The summed E-state index contributed by atoms with van der Waals surface area (Å²) in [6, 6.07) is 16.9. The first-order chi connectivity index (χ1) is 16.2. The SMILES string of the molecule is Cc1cccc(N2C(=O)NC(=NC(C)C)C23CCN(Cc2cccc(OC(C)C)c2)C(C)C3)c1. The Morgan fingerprint density at radius 3 is 2.59 bits per heavy atom. The molecule has 2 aliphatic heterocycles. The quantitative estimate of drug-likeness (QED) is 0.613. The molecule has 2 aromatic rings. The molecule has 0 saturated carbocycles. The molecule has 0 radical (unpaired) electrons. The second kappa shape index (κ2) is 9.79. The van der Waals surface area contributed by atoms with E-state index in [-0.39, 0.29) is 24.2 Å². The van der Waals surface area contributed by atoms with E-state index in [4.69, 9.17) is 9.73 Å². The van der Waals surface area contributed by atoms with Gasteiger partial charge in [-0.1, -0.05) is 24.3 Å². The van der Waals surface area contributed by atoms with Crippen LogP contribution in [-0.2, 0) is 6.54 Å². The fourth-order valence-electron chi connectivity index (χ4n) is 5.26. The summed E-state index contributed by atoms with van der Waals surface area (Å²) < 4.78 is 5.90. The van der Waals surface area contributed by atoms with E-state index < -0.39 is 5.54 Å². The Morgan fingerprint density at radius 2 is 1.91 bits per heavy atom. The molecule has 6 heteroatoms. The van der Waals surface area contributed by atoms with Gasteiger partial charge in [0, 0.05) is 30.9 Å². The number of piperidine rings is 1. The molecule has 34 heavy (non-hydrogen) atoms. The highest BCUT2D eigenvalue weighted by Crippen LogP contribution is 2.40. The molecule has 2 saturated heterocycles. The second-order valence-electron chi connectivity index (χ2n) is 10.3. The summed E-state index contributed by atoms with van der Waals surface area (Å²) in [7, 11) is 0. The minimum absolute atomic E-state index is 0.0795. The largest absolute Gasteiger partial charge is 0.491 e. The van der Waals surface area contributed by atoms with Crippen molar-refractivity contribution < 1.29 is 9.53 Å². The lowest BCUT2D eigenvalue weighted by Gasteiger charge is -2.47. The molecular formula is C28H38N4O2. The van der Waals surface area contributed by atoms with Gasteiger partial charge in [0.1, 0.15) is 17.1 Å². The Bertz CT molecular complexity index is 1060. The number of nitrogens with zero attached hydrogens (tertiary/aromatic N) is 3. The molecule has 6 nitrogen and oxygen atoms in total. The van der Waals surface area contributed by atoms with E-state index in [2.05, 4.69) is 68.2 Å². The molecule has 2 aromatic carbocycles. The number of ether oxygens (including phenoxy) is 1. The van der Waals surface area contributed by atoms with Crippen LogP contribution in [-0.4, -0.2) is 47.0 Å². The van der Waals surface area contributed by atoms with Gasteiger partial charge >= 0.3 is 6.03 Å². The van der Waals surface area contributed by atoms with Gasteiger partial charge in [0.2, 0.25) is 0 Å². The molecule has 0 bridgehead atoms. The van der Waals surface area contributed by atoms with E-state index in [1.165, 1.54) is 5.56 Å². The fraction of sp³-hybridized carbons (Fsp3) is 0.500. The van der Waals surface area contributed by atoms with Gasteiger partial charge in [-0.3, -0.25) is 20.1 Å². The number of carbonyl (C=O) groups is 1. The highest BCUT2D eigenvalue weighted by molar-refractivity contribution is 6.19. The van der Waals surface area contributed by atoms with Gasteiger partial charge in [0.15, 0.2) is 0 Å². The Labute approximate surface area is 204 Å². The highest BCUT2D eigenvalue weighted by atomic mass is 16.5. The van der Waals surface area contributed by atoms with Crippen LogP contribution in [0.5, 0.6) is 5.75 Å². The molecule has 2 heterocycles. The van der Waals surface area contributed by atoms with Crippen molar-refractivity contribution in [1.29, 1.82) is 0 Å². The number of aliphatic imine (C=N–C) groups is 1. The van der Waals surface area contributed by atoms with Crippen LogP contribution >= 0.6 is 0 Å².